The van der Waals surface area contributed by atoms with Gasteiger partial charge in [0, 0.05) is 35.2 Å². The molecule has 2 aliphatic rings. The van der Waals surface area contributed by atoms with E-state index in [1.165, 1.54) is 24.0 Å². The number of nitrogens with zero attached hydrogens (tertiary/aromatic N) is 3. The Bertz CT molecular complexity index is 969. The van der Waals surface area contributed by atoms with Crippen molar-refractivity contribution in [2.24, 2.45) is 0 Å². The average Bonchev–Trinajstić information content (AvgIpc) is 3.53. The van der Waals surface area contributed by atoms with Crippen LogP contribution in [0, 0.1) is 0 Å². The summed E-state index contributed by atoms with van der Waals surface area (Å²) in [7, 11) is 0. The fourth-order valence-corrected chi connectivity index (χ4v) is 4.00. The fraction of sp³-hybridized carbons (Fsp3) is 0.273. The van der Waals surface area contributed by atoms with E-state index in [1.54, 1.807) is 0 Å². The molecule has 136 valence electrons. The number of anilines is 3. The number of nitrogens with one attached hydrogen (secondary N) is 1. The third-order valence-electron chi connectivity index (χ3n) is 5.22. The molecule has 4 nitrogen and oxygen atoms in total. The van der Waals surface area contributed by atoms with E-state index < -0.39 is 0 Å². The van der Waals surface area contributed by atoms with Gasteiger partial charge in [0.1, 0.15) is 17.5 Å². The molecule has 1 N–H and O–H groups in total. The fourth-order valence-electron chi connectivity index (χ4n) is 3.59. The zero-order valence-electron chi connectivity index (χ0n) is 15.0. The van der Waals surface area contributed by atoms with E-state index in [0.29, 0.717) is 5.92 Å². The Hall–Kier alpha value is -2.40. The van der Waals surface area contributed by atoms with Gasteiger partial charge in [-0.2, -0.15) is 0 Å². The third kappa shape index (κ3) is 3.69. The first-order valence-corrected chi connectivity index (χ1v) is 10.3. The molecule has 5 heteroatoms. The number of halogens is 1. The Morgan fingerprint density at radius 2 is 1.81 bits per heavy atom. The molecule has 0 unspecified atom stereocenters. The van der Waals surface area contributed by atoms with Crippen molar-refractivity contribution in [3.63, 3.8) is 0 Å². The van der Waals surface area contributed by atoms with Gasteiger partial charge in [0.25, 0.3) is 0 Å². The molecular weight excluding hydrogens is 400 g/mol. The number of aromatic nitrogens is 2. The van der Waals surface area contributed by atoms with E-state index in [9.17, 15) is 0 Å². The van der Waals surface area contributed by atoms with E-state index in [2.05, 4.69) is 62.5 Å². The van der Waals surface area contributed by atoms with Crippen LogP contribution in [0.5, 0.6) is 0 Å². The van der Waals surface area contributed by atoms with Gasteiger partial charge in [-0.05, 0) is 54.7 Å². The third-order valence-corrected chi connectivity index (χ3v) is 5.72. The maximum atomic E-state index is 4.92. The van der Waals surface area contributed by atoms with E-state index in [0.717, 1.165) is 47.1 Å². The zero-order valence-corrected chi connectivity index (χ0v) is 16.6. The van der Waals surface area contributed by atoms with Gasteiger partial charge in [0.05, 0.1) is 0 Å². The Labute approximate surface area is 167 Å². The molecule has 0 spiro atoms. The lowest BCUT2D eigenvalue weighted by atomic mass is 10.00. The zero-order chi connectivity index (χ0) is 18.2. The van der Waals surface area contributed by atoms with Crippen LogP contribution in [0.4, 0.5) is 17.3 Å². The highest BCUT2D eigenvalue weighted by Gasteiger charge is 2.28. The highest BCUT2D eigenvalue weighted by Crippen LogP contribution is 2.39. The second-order valence-electron chi connectivity index (χ2n) is 7.32. The van der Waals surface area contributed by atoms with Crippen molar-refractivity contribution in [2.75, 3.05) is 16.8 Å². The minimum Gasteiger partial charge on any atom is -0.352 e. The molecule has 0 amide bonds. The molecule has 0 radical (unpaired) electrons. The van der Waals surface area contributed by atoms with Crippen LogP contribution in [-0.2, 0) is 13.0 Å². The van der Waals surface area contributed by atoms with Crippen molar-refractivity contribution in [3.8, 4) is 0 Å². The molecule has 1 aromatic heterocycles. The van der Waals surface area contributed by atoms with Gasteiger partial charge in [-0.15, -0.1) is 0 Å². The Morgan fingerprint density at radius 1 is 0.963 bits per heavy atom. The van der Waals surface area contributed by atoms with Crippen LogP contribution >= 0.6 is 15.9 Å². The molecule has 5 rings (SSSR count). The predicted molar refractivity (Wildman–Crippen MR) is 113 cm³/mol. The van der Waals surface area contributed by atoms with E-state index in [1.807, 2.05) is 18.2 Å². The van der Waals surface area contributed by atoms with E-state index in [4.69, 9.17) is 9.97 Å². The standard InChI is InChI=1S/C22H21BrN4/c23-18-9-8-17-14-27(11-10-16(17)12-18)21-13-20(24-19-4-2-1-3-5-19)25-22(26-21)15-6-7-15/h1-5,8-9,12-13,15H,6-7,10-11,14H2,(H,24,25,26). The molecule has 0 bridgehead atoms. The summed E-state index contributed by atoms with van der Waals surface area (Å²) >= 11 is 3.58. The number of hydrogen-bond acceptors (Lipinski definition) is 4. The van der Waals surface area contributed by atoms with Crippen LogP contribution < -0.4 is 10.2 Å². The summed E-state index contributed by atoms with van der Waals surface area (Å²) in [4.78, 5) is 12.1. The maximum Gasteiger partial charge on any atom is 0.136 e. The second-order valence-corrected chi connectivity index (χ2v) is 8.24. The first-order valence-electron chi connectivity index (χ1n) is 9.48. The number of benzene rings is 2. The molecule has 1 aliphatic carbocycles. The van der Waals surface area contributed by atoms with Crippen molar-refractivity contribution >= 4 is 33.3 Å². The van der Waals surface area contributed by atoms with Crippen molar-refractivity contribution in [2.45, 2.75) is 31.7 Å². The van der Waals surface area contributed by atoms with Crippen LogP contribution in [-0.4, -0.2) is 16.5 Å². The molecule has 1 saturated carbocycles. The van der Waals surface area contributed by atoms with Gasteiger partial charge in [0.2, 0.25) is 0 Å². The maximum absolute atomic E-state index is 4.92. The molecule has 1 fully saturated rings. The highest BCUT2D eigenvalue weighted by molar-refractivity contribution is 9.10. The van der Waals surface area contributed by atoms with Crippen molar-refractivity contribution < 1.29 is 0 Å². The topological polar surface area (TPSA) is 41.0 Å². The summed E-state index contributed by atoms with van der Waals surface area (Å²) < 4.78 is 1.15. The molecule has 0 saturated heterocycles. The lowest BCUT2D eigenvalue weighted by Gasteiger charge is -2.30. The summed E-state index contributed by atoms with van der Waals surface area (Å²) in [6.07, 6.45) is 3.44. The normalized spacial score (nSPS) is 16.1. The molecule has 3 aromatic rings. The van der Waals surface area contributed by atoms with Gasteiger partial charge in [-0.25, -0.2) is 9.97 Å². The van der Waals surface area contributed by atoms with Crippen LogP contribution in [0.1, 0.15) is 35.7 Å². The first kappa shape index (κ1) is 16.8. The number of para-hydroxylation sites is 1. The second kappa shape index (κ2) is 6.97. The van der Waals surface area contributed by atoms with Crippen molar-refractivity contribution in [1.82, 2.24) is 9.97 Å². The van der Waals surface area contributed by atoms with Crippen LogP contribution in [0.15, 0.2) is 59.1 Å². The van der Waals surface area contributed by atoms with Crippen LogP contribution in [0.3, 0.4) is 0 Å². The van der Waals surface area contributed by atoms with Crippen molar-refractivity contribution in [1.29, 1.82) is 0 Å². The quantitative estimate of drug-likeness (QED) is 0.611. The SMILES string of the molecule is Brc1ccc2c(c1)CCN(c1cc(Nc3ccccc3)nc(C3CC3)n1)C2. The molecule has 27 heavy (non-hydrogen) atoms. The van der Waals surface area contributed by atoms with Crippen molar-refractivity contribution in [3.05, 3.63) is 76.0 Å². The molecular formula is C22H21BrN4. The van der Waals surface area contributed by atoms with E-state index >= 15 is 0 Å². The monoisotopic (exact) mass is 420 g/mol. The van der Waals surface area contributed by atoms with Crippen LogP contribution in [0.2, 0.25) is 0 Å². The summed E-state index contributed by atoms with van der Waals surface area (Å²) in [5.74, 6) is 3.41. The van der Waals surface area contributed by atoms with Gasteiger partial charge in [-0.1, -0.05) is 40.2 Å². The first-order chi connectivity index (χ1) is 13.2. The van der Waals surface area contributed by atoms with Gasteiger partial charge >= 0.3 is 0 Å². The Kier molecular flexibility index (Phi) is 4.32. The van der Waals surface area contributed by atoms with Gasteiger partial charge < -0.3 is 10.2 Å². The minimum absolute atomic E-state index is 0.523. The number of hydrogen-bond donors (Lipinski definition) is 1. The summed E-state index contributed by atoms with van der Waals surface area (Å²) in [6.45, 7) is 1.88. The van der Waals surface area contributed by atoms with E-state index in [-0.39, 0.29) is 0 Å². The summed E-state index contributed by atoms with van der Waals surface area (Å²) in [5, 5.41) is 3.45. The highest BCUT2D eigenvalue weighted by atomic mass is 79.9. The predicted octanol–water partition coefficient (Wildman–Crippen LogP) is 5.42. The summed E-state index contributed by atoms with van der Waals surface area (Å²) in [5.41, 5.74) is 3.87. The molecule has 2 heterocycles. The van der Waals surface area contributed by atoms with Gasteiger partial charge in [-0.3, -0.25) is 0 Å². The molecule has 2 aromatic carbocycles. The molecule has 1 aliphatic heterocycles. The lowest BCUT2D eigenvalue weighted by Crippen LogP contribution is -2.31. The number of fused-ring (bicyclic) bond motifs is 1. The Morgan fingerprint density at radius 3 is 2.63 bits per heavy atom. The minimum atomic E-state index is 0.523. The number of rotatable bonds is 4. The van der Waals surface area contributed by atoms with Crippen LogP contribution in [0.25, 0.3) is 0 Å². The lowest BCUT2D eigenvalue weighted by molar-refractivity contribution is 0.714. The smallest absolute Gasteiger partial charge is 0.136 e. The largest absolute Gasteiger partial charge is 0.352 e. The summed E-state index contributed by atoms with van der Waals surface area (Å²) in [6, 6.07) is 18.9. The van der Waals surface area contributed by atoms with Gasteiger partial charge in [0.15, 0.2) is 0 Å². The Balaban J connectivity index is 1.45. The average molecular weight is 421 g/mol. The molecule has 0 atom stereocenters.